The minimum Gasteiger partial charge on any atom is -0.410 e. The van der Waals surface area contributed by atoms with Crippen LogP contribution in [0.2, 0.25) is 0 Å². The van der Waals surface area contributed by atoms with Crippen LogP contribution in [0.15, 0.2) is 24.3 Å². The summed E-state index contributed by atoms with van der Waals surface area (Å²) in [5.41, 5.74) is 6.03. The zero-order valence-corrected chi connectivity index (χ0v) is 8.84. The molecule has 1 aliphatic rings. The van der Waals surface area contributed by atoms with Crippen molar-refractivity contribution in [1.29, 1.82) is 0 Å². The van der Waals surface area contributed by atoms with E-state index >= 15 is 0 Å². The summed E-state index contributed by atoms with van der Waals surface area (Å²) in [7, 11) is 0. The molecule has 1 aliphatic heterocycles. The van der Waals surface area contributed by atoms with Gasteiger partial charge in [-0.1, -0.05) is 18.2 Å². The summed E-state index contributed by atoms with van der Waals surface area (Å²) < 4.78 is 5.09. The van der Waals surface area contributed by atoms with Gasteiger partial charge in [-0.25, -0.2) is 4.79 Å². The van der Waals surface area contributed by atoms with Crippen LogP contribution in [0.4, 0.5) is 4.79 Å². The number of hydrogen-bond acceptors (Lipinski definition) is 3. The van der Waals surface area contributed by atoms with E-state index in [2.05, 4.69) is 0 Å². The Hall–Kier alpha value is -2.04. The van der Waals surface area contributed by atoms with Crippen molar-refractivity contribution in [3.8, 4) is 5.75 Å². The molecule has 1 atom stereocenters. The first-order valence-electron chi connectivity index (χ1n) is 4.95. The lowest BCUT2D eigenvalue weighted by molar-refractivity contribution is -0.122. The molecule has 0 saturated carbocycles. The maximum absolute atomic E-state index is 11.6. The average molecular weight is 220 g/mol. The van der Waals surface area contributed by atoms with Crippen LogP contribution in [0.25, 0.3) is 0 Å². The van der Waals surface area contributed by atoms with Gasteiger partial charge in [0.25, 0.3) is 0 Å². The van der Waals surface area contributed by atoms with Crippen molar-refractivity contribution in [2.75, 3.05) is 0 Å². The van der Waals surface area contributed by atoms with Crippen molar-refractivity contribution >= 4 is 12.0 Å². The molecule has 2 N–H and O–H groups in total. The molecule has 0 unspecified atom stereocenters. The SMILES string of the molecule is C[C@@H](C(N)=O)N1Cc2ccccc2OC1=O. The average Bonchev–Trinajstić information content (AvgIpc) is 2.27. The fourth-order valence-electron chi connectivity index (χ4n) is 1.58. The smallest absolute Gasteiger partial charge is 0.410 e. The van der Waals surface area contributed by atoms with Crippen LogP contribution < -0.4 is 10.5 Å². The minimum atomic E-state index is -0.666. The first-order chi connectivity index (χ1) is 7.59. The van der Waals surface area contributed by atoms with E-state index in [4.69, 9.17) is 10.5 Å². The van der Waals surface area contributed by atoms with Crippen molar-refractivity contribution in [3.05, 3.63) is 29.8 Å². The molecular weight excluding hydrogens is 208 g/mol. The summed E-state index contributed by atoms with van der Waals surface area (Å²) in [6.45, 7) is 1.93. The molecule has 16 heavy (non-hydrogen) atoms. The van der Waals surface area contributed by atoms with Gasteiger partial charge in [-0.3, -0.25) is 9.69 Å². The Bertz CT molecular complexity index is 445. The molecule has 1 aromatic carbocycles. The maximum atomic E-state index is 11.6. The number of rotatable bonds is 2. The van der Waals surface area contributed by atoms with Gasteiger partial charge in [0.05, 0.1) is 6.54 Å². The highest BCUT2D eigenvalue weighted by Gasteiger charge is 2.30. The molecule has 5 heteroatoms. The van der Waals surface area contributed by atoms with E-state index < -0.39 is 18.0 Å². The third-order valence-corrected chi connectivity index (χ3v) is 2.62. The second-order valence-electron chi connectivity index (χ2n) is 3.68. The van der Waals surface area contributed by atoms with Crippen molar-refractivity contribution in [2.45, 2.75) is 19.5 Å². The molecular formula is C11H12N2O3. The Morgan fingerprint density at radius 3 is 2.88 bits per heavy atom. The Kier molecular flexibility index (Phi) is 2.52. The highest BCUT2D eigenvalue weighted by molar-refractivity contribution is 5.85. The number of primary amides is 1. The van der Waals surface area contributed by atoms with Crippen molar-refractivity contribution < 1.29 is 14.3 Å². The van der Waals surface area contributed by atoms with Gasteiger partial charge < -0.3 is 10.5 Å². The van der Waals surface area contributed by atoms with E-state index in [0.29, 0.717) is 12.3 Å². The lowest BCUT2D eigenvalue weighted by Gasteiger charge is -2.30. The number of ether oxygens (including phenoxy) is 1. The molecule has 2 rings (SSSR count). The van der Waals surface area contributed by atoms with Gasteiger partial charge in [-0.2, -0.15) is 0 Å². The second kappa shape index (κ2) is 3.84. The van der Waals surface area contributed by atoms with Crippen LogP contribution in [0.3, 0.4) is 0 Å². The number of fused-ring (bicyclic) bond motifs is 1. The summed E-state index contributed by atoms with van der Waals surface area (Å²) in [5.74, 6) is -0.00301. The number of para-hydroxylation sites is 1. The van der Waals surface area contributed by atoms with Crippen LogP contribution in [0.1, 0.15) is 12.5 Å². The van der Waals surface area contributed by atoms with Crippen LogP contribution in [-0.2, 0) is 11.3 Å². The molecule has 0 aliphatic carbocycles. The standard InChI is InChI=1S/C11H12N2O3/c1-7(10(12)14)13-6-8-4-2-3-5-9(8)16-11(13)15/h2-5,7H,6H2,1H3,(H2,12,14)/t7-/m0/s1. The normalized spacial score (nSPS) is 16.3. The predicted molar refractivity (Wildman–Crippen MR) is 56.7 cm³/mol. The third-order valence-electron chi connectivity index (χ3n) is 2.62. The molecule has 0 radical (unpaired) electrons. The molecule has 1 aromatic rings. The number of carbonyl (C=O) groups excluding carboxylic acids is 2. The van der Waals surface area contributed by atoms with E-state index in [1.165, 1.54) is 4.90 Å². The monoisotopic (exact) mass is 220 g/mol. The Balaban J connectivity index is 2.28. The van der Waals surface area contributed by atoms with Gasteiger partial charge in [0, 0.05) is 5.56 Å². The Labute approximate surface area is 92.8 Å². The quantitative estimate of drug-likeness (QED) is 0.803. The summed E-state index contributed by atoms with van der Waals surface area (Å²) >= 11 is 0. The van der Waals surface area contributed by atoms with Crippen molar-refractivity contribution in [1.82, 2.24) is 4.90 Å². The predicted octanol–water partition coefficient (Wildman–Crippen LogP) is 0.875. The Morgan fingerprint density at radius 2 is 2.19 bits per heavy atom. The number of amides is 2. The zero-order chi connectivity index (χ0) is 11.7. The van der Waals surface area contributed by atoms with Gasteiger partial charge in [-0.05, 0) is 13.0 Å². The van der Waals surface area contributed by atoms with Gasteiger partial charge in [0.15, 0.2) is 0 Å². The lowest BCUT2D eigenvalue weighted by atomic mass is 10.1. The molecule has 5 nitrogen and oxygen atoms in total. The van der Waals surface area contributed by atoms with Crippen LogP contribution >= 0.6 is 0 Å². The van der Waals surface area contributed by atoms with Crippen LogP contribution in [-0.4, -0.2) is 22.9 Å². The highest BCUT2D eigenvalue weighted by Crippen LogP contribution is 2.26. The van der Waals surface area contributed by atoms with E-state index in [9.17, 15) is 9.59 Å². The van der Waals surface area contributed by atoms with Crippen molar-refractivity contribution in [3.63, 3.8) is 0 Å². The summed E-state index contributed by atoms with van der Waals surface area (Å²) in [4.78, 5) is 23.9. The third kappa shape index (κ3) is 1.71. The highest BCUT2D eigenvalue weighted by atomic mass is 16.6. The number of carbonyl (C=O) groups is 2. The zero-order valence-electron chi connectivity index (χ0n) is 8.84. The minimum absolute atomic E-state index is 0.346. The molecule has 0 fully saturated rings. The number of nitrogens with zero attached hydrogens (tertiary/aromatic N) is 1. The first-order valence-corrected chi connectivity index (χ1v) is 4.95. The van der Waals surface area contributed by atoms with Crippen molar-refractivity contribution in [2.24, 2.45) is 5.73 Å². The molecule has 0 bridgehead atoms. The number of hydrogen-bond donors (Lipinski definition) is 1. The fraction of sp³-hybridized carbons (Fsp3) is 0.273. The van der Waals surface area contributed by atoms with E-state index in [-0.39, 0.29) is 0 Å². The molecule has 0 saturated heterocycles. The Morgan fingerprint density at radius 1 is 1.50 bits per heavy atom. The van der Waals surface area contributed by atoms with E-state index in [0.717, 1.165) is 5.56 Å². The molecule has 84 valence electrons. The number of nitrogens with two attached hydrogens (primary N) is 1. The van der Waals surface area contributed by atoms with E-state index in [1.54, 1.807) is 19.1 Å². The number of benzene rings is 1. The second-order valence-corrected chi connectivity index (χ2v) is 3.68. The molecule has 1 heterocycles. The van der Waals surface area contributed by atoms with Gasteiger partial charge in [-0.15, -0.1) is 0 Å². The van der Waals surface area contributed by atoms with Gasteiger partial charge >= 0.3 is 6.09 Å². The van der Waals surface area contributed by atoms with Gasteiger partial charge in [0.1, 0.15) is 11.8 Å². The maximum Gasteiger partial charge on any atom is 0.416 e. The largest absolute Gasteiger partial charge is 0.416 e. The summed E-state index contributed by atoms with van der Waals surface area (Å²) in [5, 5.41) is 0. The summed E-state index contributed by atoms with van der Waals surface area (Å²) in [6, 6.07) is 6.55. The first kappa shape index (κ1) is 10.5. The molecule has 0 aromatic heterocycles. The lowest BCUT2D eigenvalue weighted by Crippen LogP contribution is -2.48. The molecule has 2 amide bonds. The van der Waals surface area contributed by atoms with Gasteiger partial charge in [0.2, 0.25) is 5.91 Å². The fourth-order valence-corrected chi connectivity index (χ4v) is 1.58. The molecule has 0 spiro atoms. The van der Waals surface area contributed by atoms with E-state index in [1.807, 2.05) is 12.1 Å². The van der Waals surface area contributed by atoms with Crippen LogP contribution in [0, 0.1) is 0 Å². The topological polar surface area (TPSA) is 72.6 Å². The van der Waals surface area contributed by atoms with Crippen LogP contribution in [0.5, 0.6) is 5.75 Å². The summed E-state index contributed by atoms with van der Waals surface area (Å²) in [6.07, 6.45) is -0.537.